The summed E-state index contributed by atoms with van der Waals surface area (Å²) in [4.78, 5) is 25.0. The summed E-state index contributed by atoms with van der Waals surface area (Å²) in [5.41, 5.74) is 1.52. The van der Waals surface area contributed by atoms with Crippen LogP contribution in [0.5, 0.6) is 0 Å². The number of anilines is 1. The molecule has 3 rings (SSSR count). The molecule has 8 heteroatoms. The predicted molar refractivity (Wildman–Crippen MR) is 116 cm³/mol. The monoisotopic (exact) mass is 477 g/mol. The lowest BCUT2D eigenvalue weighted by Crippen LogP contribution is -2.17. The molecule has 0 saturated heterocycles. The molecule has 2 aromatic carbocycles. The molecule has 0 bridgehead atoms. The van der Waals surface area contributed by atoms with E-state index in [0.29, 0.717) is 44.7 Å². The lowest BCUT2D eigenvalue weighted by Gasteiger charge is -2.09. The van der Waals surface area contributed by atoms with Gasteiger partial charge in [0.25, 0.3) is 0 Å². The normalized spacial score (nSPS) is 19.9. The Kier molecular flexibility index (Phi) is 6.53. The van der Waals surface area contributed by atoms with Crippen molar-refractivity contribution in [1.82, 2.24) is 0 Å². The topological polar surface area (TPSA) is 46.2 Å². The zero-order valence-electron chi connectivity index (χ0n) is 14.7. The van der Waals surface area contributed by atoms with E-state index in [-0.39, 0.29) is 11.7 Å². The minimum atomic E-state index is -1.27. The van der Waals surface area contributed by atoms with Crippen molar-refractivity contribution in [2.24, 2.45) is 5.92 Å². The number of hydrogen-bond acceptors (Lipinski definition) is 2. The molecule has 2 aromatic rings. The molecule has 0 heterocycles. The van der Waals surface area contributed by atoms with Gasteiger partial charge in [-0.05, 0) is 48.4 Å². The van der Waals surface area contributed by atoms with Gasteiger partial charge in [0.1, 0.15) is 4.33 Å². The number of carbonyl (C=O) groups is 2. The summed E-state index contributed by atoms with van der Waals surface area (Å²) in [6.45, 7) is 1.91. The number of Topliss-reactive ketones (excluding diaryl/α,β-unsaturated/α-hetero) is 1. The van der Waals surface area contributed by atoms with Crippen LogP contribution >= 0.6 is 58.0 Å². The van der Waals surface area contributed by atoms with Gasteiger partial charge < -0.3 is 5.32 Å². The second-order valence-electron chi connectivity index (χ2n) is 6.69. The standard InChI is InChI=1S/C20H16Cl5NO2/c1-2-3-16(27)14-9-13(4-5-15(14)23)26-19(28)18-17(20(18,24)25)10-6-11(21)8-12(22)7-10/h4-9,17-18H,2-3H2,1H3,(H,26,28). The molecule has 2 atom stereocenters. The highest BCUT2D eigenvalue weighted by atomic mass is 35.5. The molecule has 1 amide bonds. The number of hydrogen-bond donors (Lipinski definition) is 1. The SMILES string of the molecule is CCCC(=O)c1cc(NC(=O)C2C(c3cc(Cl)cc(Cl)c3)C2(Cl)Cl)ccc1Cl. The fourth-order valence-electron chi connectivity index (χ4n) is 3.22. The number of rotatable bonds is 6. The first kappa shape index (κ1) is 21.7. The molecule has 2 unspecified atom stereocenters. The number of alkyl halides is 2. The van der Waals surface area contributed by atoms with Crippen molar-refractivity contribution in [2.45, 2.75) is 30.0 Å². The third-order valence-electron chi connectivity index (χ3n) is 4.59. The van der Waals surface area contributed by atoms with E-state index in [4.69, 9.17) is 58.0 Å². The number of carbonyl (C=O) groups excluding carboxylic acids is 2. The van der Waals surface area contributed by atoms with Gasteiger partial charge >= 0.3 is 0 Å². The van der Waals surface area contributed by atoms with Crippen molar-refractivity contribution in [3.8, 4) is 0 Å². The van der Waals surface area contributed by atoms with E-state index in [1.54, 1.807) is 36.4 Å². The smallest absolute Gasteiger partial charge is 0.231 e. The molecular weight excluding hydrogens is 463 g/mol. The Morgan fingerprint density at radius 3 is 2.29 bits per heavy atom. The molecule has 1 aliphatic rings. The van der Waals surface area contributed by atoms with Gasteiger partial charge in [0.05, 0.1) is 10.9 Å². The first-order valence-corrected chi connectivity index (χ1v) is 10.5. The van der Waals surface area contributed by atoms with E-state index in [9.17, 15) is 9.59 Å². The van der Waals surface area contributed by atoms with Crippen LogP contribution in [0.25, 0.3) is 0 Å². The molecule has 0 radical (unpaired) electrons. The van der Waals surface area contributed by atoms with Crippen LogP contribution in [-0.4, -0.2) is 16.0 Å². The predicted octanol–water partition coefficient (Wildman–Crippen LogP) is 7.16. The molecule has 0 aromatic heterocycles. The minimum Gasteiger partial charge on any atom is -0.326 e. The summed E-state index contributed by atoms with van der Waals surface area (Å²) in [6, 6.07) is 9.74. The van der Waals surface area contributed by atoms with Gasteiger partial charge in [0, 0.05) is 33.6 Å². The number of amides is 1. The third kappa shape index (κ3) is 4.44. The van der Waals surface area contributed by atoms with Crippen molar-refractivity contribution in [1.29, 1.82) is 0 Å². The summed E-state index contributed by atoms with van der Waals surface area (Å²) >= 11 is 30.9. The van der Waals surface area contributed by atoms with E-state index in [1.807, 2.05) is 6.92 Å². The maximum Gasteiger partial charge on any atom is 0.231 e. The second kappa shape index (κ2) is 8.41. The zero-order valence-corrected chi connectivity index (χ0v) is 18.5. The summed E-state index contributed by atoms with van der Waals surface area (Å²) in [6.07, 6.45) is 1.09. The van der Waals surface area contributed by atoms with E-state index in [1.165, 1.54) is 0 Å². The van der Waals surface area contributed by atoms with Gasteiger partial charge in [-0.3, -0.25) is 9.59 Å². The number of ketones is 1. The van der Waals surface area contributed by atoms with Gasteiger partial charge in [-0.2, -0.15) is 0 Å². The lowest BCUT2D eigenvalue weighted by molar-refractivity contribution is -0.117. The first-order valence-electron chi connectivity index (χ1n) is 8.62. The van der Waals surface area contributed by atoms with Crippen LogP contribution in [0.3, 0.4) is 0 Å². The highest BCUT2D eigenvalue weighted by Crippen LogP contribution is 2.65. The molecule has 28 heavy (non-hydrogen) atoms. The molecule has 0 aliphatic heterocycles. The first-order chi connectivity index (χ1) is 13.1. The summed E-state index contributed by atoms with van der Waals surface area (Å²) in [5.74, 6) is -1.57. The van der Waals surface area contributed by atoms with E-state index in [0.717, 1.165) is 0 Å². The van der Waals surface area contributed by atoms with Crippen LogP contribution in [0, 0.1) is 5.92 Å². The van der Waals surface area contributed by atoms with Crippen LogP contribution in [-0.2, 0) is 4.79 Å². The largest absolute Gasteiger partial charge is 0.326 e. The van der Waals surface area contributed by atoms with E-state index < -0.39 is 16.2 Å². The van der Waals surface area contributed by atoms with Crippen molar-refractivity contribution < 1.29 is 9.59 Å². The second-order valence-corrected chi connectivity index (χ2v) is 9.41. The van der Waals surface area contributed by atoms with Crippen LogP contribution in [0.15, 0.2) is 36.4 Å². The number of benzene rings is 2. The highest BCUT2D eigenvalue weighted by Gasteiger charge is 2.67. The Balaban J connectivity index is 1.80. The Morgan fingerprint density at radius 2 is 1.68 bits per heavy atom. The molecule has 1 fully saturated rings. The van der Waals surface area contributed by atoms with Gasteiger partial charge in [0.2, 0.25) is 5.91 Å². The average Bonchev–Trinajstić information content (AvgIpc) is 3.18. The van der Waals surface area contributed by atoms with E-state index >= 15 is 0 Å². The number of nitrogens with one attached hydrogen (secondary N) is 1. The fourth-order valence-corrected chi connectivity index (χ4v) is 4.81. The molecular formula is C20H16Cl5NO2. The average molecular weight is 480 g/mol. The van der Waals surface area contributed by atoms with Crippen LogP contribution in [0.4, 0.5) is 5.69 Å². The fraction of sp³-hybridized carbons (Fsp3) is 0.300. The van der Waals surface area contributed by atoms with Gasteiger partial charge in [-0.25, -0.2) is 0 Å². The van der Waals surface area contributed by atoms with Crippen molar-refractivity contribution in [3.63, 3.8) is 0 Å². The quantitative estimate of drug-likeness (QED) is 0.353. The molecule has 1 saturated carbocycles. The maximum atomic E-state index is 12.8. The lowest BCUT2D eigenvalue weighted by atomic mass is 10.1. The Morgan fingerprint density at radius 1 is 1.04 bits per heavy atom. The summed E-state index contributed by atoms with van der Waals surface area (Å²) in [7, 11) is 0. The zero-order chi connectivity index (χ0) is 20.6. The number of halogens is 5. The van der Waals surface area contributed by atoms with Crippen LogP contribution in [0.1, 0.15) is 41.6 Å². The van der Waals surface area contributed by atoms with Crippen LogP contribution in [0.2, 0.25) is 15.1 Å². The van der Waals surface area contributed by atoms with Gasteiger partial charge in [-0.1, -0.05) is 41.7 Å². The summed E-state index contributed by atoms with van der Waals surface area (Å²) in [5, 5.41) is 3.99. The molecule has 0 spiro atoms. The van der Waals surface area contributed by atoms with E-state index in [2.05, 4.69) is 5.32 Å². The van der Waals surface area contributed by atoms with Crippen molar-refractivity contribution >= 4 is 75.4 Å². The van der Waals surface area contributed by atoms with Gasteiger partial charge in [-0.15, -0.1) is 23.2 Å². The molecule has 1 N–H and O–H groups in total. The maximum absolute atomic E-state index is 12.8. The van der Waals surface area contributed by atoms with Crippen molar-refractivity contribution in [2.75, 3.05) is 5.32 Å². The molecule has 148 valence electrons. The van der Waals surface area contributed by atoms with Crippen molar-refractivity contribution in [3.05, 3.63) is 62.6 Å². The summed E-state index contributed by atoms with van der Waals surface area (Å²) < 4.78 is -1.27. The third-order valence-corrected chi connectivity index (χ3v) is 6.30. The highest BCUT2D eigenvalue weighted by molar-refractivity contribution is 6.53. The van der Waals surface area contributed by atoms with Gasteiger partial charge in [0.15, 0.2) is 5.78 Å². The minimum absolute atomic E-state index is 0.0782. The molecule has 3 nitrogen and oxygen atoms in total. The van der Waals surface area contributed by atoms with Crippen LogP contribution < -0.4 is 5.32 Å². The Labute approximate surface area is 188 Å². The molecule has 1 aliphatic carbocycles. The Bertz CT molecular complexity index is 924. The Hall–Kier alpha value is -0.970.